The lowest BCUT2D eigenvalue weighted by Crippen LogP contribution is -2.15. The zero-order valence-corrected chi connectivity index (χ0v) is 14.8. The molecule has 1 aromatic heterocycles. The zero-order chi connectivity index (χ0) is 17.3. The molecule has 0 saturated carbocycles. The van der Waals surface area contributed by atoms with E-state index in [1.54, 1.807) is 39.3 Å². The van der Waals surface area contributed by atoms with Gasteiger partial charge in [0.05, 0.1) is 38.5 Å². The number of nitrogens with zero attached hydrogens (tertiary/aromatic N) is 2. The summed E-state index contributed by atoms with van der Waals surface area (Å²) < 4.78 is 18.1. The van der Waals surface area contributed by atoms with Crippen LogP contribution in [0.25, 0.3) is 0 Å². The minimum Gasteiger partial charge on any atom is -0.493 e. The Balaban J connectivity index is 2.16. The van der Waals surface area contributed by atoms with E-state index in [4.69, 9.17) is 14.2 Å². The Labute approximate surface area is 144 Å². The molecular weight excluding hydrogens is 330 g/mol. The van der Waals surface area contributed by atoms with Crippen LogP contribution in [0.3, 0.4) is 0 Å². The van der Waals surface area contributed by atoms with E-state index in [1.165, 1.54) is 11.8 Å². The predicted molar refractivity (Wildman–Crippen MR) is 92.2 cm³/mol. The van der Waals surface area contributed by atoms with Crippen LogP contribution in [0.1, 0.15) is 16.4 Å². The van der Waals surface area contributed by atoms with Gasteiger partial charge in [0.2, 0.25) is 11.7 Å². The first-order valence-electron chi connectivity index (χ1n) is 7.32. The van der Waals surface area contributed by atoms with Crippen molar-refractivity contribution >= 4 is 23.5 Å². The number of ether oxygens (including phenoxy) is 3. The van der Waals surface area contributed by atoms with E-state index in [-0.39, 0.29) is 11.2 Å². The maximum absolute atomic E-state index is 12.0. The molecule has 1 aromatic carbocycles. The average Bonchev–Trinajstić information content (AvgIpc) is 2.85. The van der Waals surface area contributed by atoms with Crippen LogP contribution in [-0.4, -0.2) is 42.8 Å². The Kier molecular flexibility index (Phi) is 4.57. The molecule has 1 amide bonds. The quantitative estimate of drug-likeness (QED) is 0.912. The van der Waals surface area contributed by atoms with E-state index >= 15 is 0 Å². The van der Waals surface area contributed by atoms with Crippen LogP contribution in [0.15, 0.2) is 18.3 Å². The third-order valence-corrected chi connectivity index (χ3v) is 5.18. The Morgan fingerprint density at radius 1 is 1.17 bits per heavy atom. The molecule has 1 aliphatic heterocycles. The molecule has 0 saturated heterocycles. The number of fused-ring (bicyclic) bond motifs is 1. The van der Waals surface area contributed by atoms with Gasteiger partial charge in [0.25, 0.3) is 0 Å². The number of nitrogens with one attached hydrogen (secondary N) is 1. The van der Waals surface area contributed by atoms with Gasteiger partial charge < -0.3 is 19.5 Å². The van der Waals surface area contributed by atoms with Crippen molar-refractivity contribution < 1.29 is 19.0 Å². The molecule has 0 spiro atoms. The fraction of sp³-hybridized carbons (Fsp3) is 0.375. The van der Waals surface area contributed by atoms with Crippen molar-refractivity contribution in [2.75, 3.05) is 32.4 Å². The van der Waals surface area contributed by atoms with Gasteiger partial charge in [-0.05, 0) is 12.1 Å². The molecule has 8 heteroatoms. The highest BCUT2D eigenvalue weighted by atomic mass is 32.2. The number of aryl methyl sites for hydroxylation is 1. The molecule has 1 aliphatic rings. The molecule has 3 rings (SSSR count). The number of hydrogen-bond donors (Lipinski definition) is 1. The Morgan fingerprint density at radius 2 is 1.92 bits per heavy atom. The molecule has 128 valence electrons. The molecule has 7 nitrogen and oxygen atoms in total. The maximum Gasteiger partial charge on any atom is 0.235 e. The Hall–Kier alpha value is -2.35. The van der Waals surface area contributed by atoms with E-state index in [0.29, 0.717) is 28.8 Å². The molecule has 1 unspecified atom stereocenters. The SMILES string of the molecule is COc1ccc(C2SCC(=O)Nc3c2cnn3C)c(OC)c1OC. The molecule has 24 heavy (non-hydrogen) atoms. The fourth-order valence-corrected chi connectivity index (χ4v) is 3.91. The summed E-state index contributed by atoms with van der Waals surface area (Å²) in [5, 5.41) is 7.07. The number of amides is 1. The van der Waals surface area contributed by atoms with Gasteiger partial charge in [-0.2, -0.15) is 5.10 Å². The van der Waals surface area contributed by atoms with Crippen molar-refractivity contribution in [1.82, 2.24) is 9.78 Å². The van der Waals surface area contributed by atoms with Crippen LogP contribution in [0.5, 0.6) is 17.2 Å². The van der Waals surface area contributed by atoms with Gasteiger partial charge in [-0.3, -0.25) is 9.48 Å². The lowest BCUT2D eigenvalue weighted by molar-refractivity contribution is -0.113. The van der Waals surface area contributed by atoms with Crippen molar-refractivity contribution in [3.8, 4) is 17.2 Å². The fourth-order valence-electron chi connectivity index (χ4n) is 2.80. The summed E-state index contributed by atoms with van der Waals surface area (Å²) >= 11 is 1.52. The molecule has 1 N–H and O–H groups in total. The topological polar surface area (TPSA) is 74.6 Å². The zero-order valence-electron chi connectivity index (χ0n) is 14.0. The average molecular weight is 349 g/mol. The summed E-state index contributed by atoms with van der Waals surface area (Å²) in [4.78, 5) is 12.0. The van der Waals surface area contributed by atoms with Crippen LogP contribution < -0.4 is 19.5 Å². The second kappa shape index (κ2) is 6.64. The van der Waals surface area contributed by atoms with Crippen LogP contribution >= 0.6 is 11.8 Å². The number of rotatable bonds is 4. The molecule has 0 bridgehead atoms. The first kappa shape index (κ1) is 16.5. The number of carbonyl (C=O) groups is 1. The third-order valence-electron chi connectivity index (χ3n) is 3.91. The Morgan fingerprint density at radius 3 is 2.58 bits per heavy atom. The summed E-state index contributed by atoms with van der Waals surface area (Å²) in [6.45, 7) is 0. The van der Waals surface area contributed by atoms with Gasteiger partial charge in [0.1, 0.15) is 5.82 Å². The summed E-state index contributed by atoms with van der Waals surface area (Å²) in [7, 11) is 6.55. The second-order valence-electron chi connectivity index (χ2n) is 5.23. The summed E-state index contributed by atoms with van der Waals surface area (Å²) in [5.74, 6) is 2.72. The first-order valence-corrected chi connectivity index (χ1v) is 8.37. The highest BCUT2D eigenvalue weighted by Crippen LogP contribution is 2.49. The Bertz CT molecular complexity index is 775. The smallest absolute Gasteiger partial charge is 0.235 e. The largest absolute Gasteiger partial charge is 0.493 e. The molecule has 0 fully saturated rings. The molecule has 0 aliphatic carbocycles. The number of anilines is 1. The number of methoxy groups -OCH3 is 3. The summed E-state index contributed by atoms with van der Waals surface area (Å²) in [5.41, 5.74) is 1.84. The highest BCUT2D eigenvalue weighted by molar-refractivity contribution is 8.00. The number of thioether (sulfide) groups is 1. The van der Waals surface area contributed by atoms with Gasteiger partial charge in [-0.25, -0.2) is 0 Å². The highest BCUT2D eigenvalue weighted by Gasteiger charge is 2.30. The van der Waals surface area contributed by atoms with Gasteiger partial charge in [0, 0.05) is 18.2 Å². The van der Waals surface area contributed by atoms with Gasteiger partial charge in [0.15, 0.2) is 11.5 Å². The van der Waals surface area contributed by atoms with Crippen LogP contribution in [-0.2, 0) is 11.8 Å². The number of hydrogen-bond acceptors (Lipinski definition) is 6. The van der Waals surface area contributed by atoms with Crippen molar-refractivity contribution in [3.63, 3.8) is 0 Å². The summed E-state index contributed by atoms with van der Waals surface area (Å²) in [6, 6.07) is 3.78. The minimum atomic E-state index is -0.109. The maximum atomic E-state index is 12.0. The number of benzene rings is 1. The van der Waals surface area contributed by atoms with Crippen molar-refractivity contribution in [2.24, 2.45) is 7.05 Å². The van der Waals surface area contributed by atoms with E-state index in [9.17, 15) is 4.79 Å². The molecule has 1 atom stereocenters. The normalized spacial score (nSPS) is 16.8. The van der Waals surface area contributed by atoms with Crippen molar-refractivity contribution in [3.05, 3.63) is 29.5 Å². The molecule has 0 radical (unpaired) electrons. The lowest BCUT2D eigenvalue weighted by Gasteiger charge is -2.20. The van der Waals surface area contributed by atoms with Gasteiger partial charge >= 0.3 is 0 Å². The number of carbonyl (C=O) groups excluding carboxylic acids is 1. The van der Waals surface area contributed by atoms with E-state index in [1.807, 2.05) is 12.1 Å². The molecular formula is C16H19N3O4S. The van der Waals surface area contributed by atoms with E-state index in [0.717, 1.165) is 11.1 Å². The van der Waals surface area contributed by atoms with E-state index < -0.39 is 0 Å². The van der Waals surface area contributed by atoms with Gasteiger partial charge in [-0.15, -0.1) is 11.8 Å². The van der Waals surface area contributed by atoms with E-state index in [2.05, 4.69) is 10.4 Å². The lowest BCUT2D eigenvalue weighted by atomic mass is 10.0. The first-order chi connectivity index (χ1) is 11.6. The number of aromatic nitrogens is 2. The molecule has 2 aromatic rings. The standard InChI is InChI=1S/C16H19N3O4S/c1-19-16-10(7-17-19)15(24-8-12(20)18-16)9-5-6-11(21-2)14(23-4)13(9)22-3/h5-7,15H,8H2,1-4H3,(H,18,20). The van der Waals surface area contributed by atoms with Crippen LogP contribution in [0.2, 0.25) is 0 Å². The second-order valence-corrected chi connectivity index (χ2v) is 6.33. The monoisotopic (exact) mass is 349 g/mol. The van der Waals surface area contributed by atoms with Crippen LogP contribution in [0.4, 0.5) is 5.82 Å². The van der Waals surface area contributed by atoms with Crippen LogP contribution in [0, 0.1) is 0 Å². The molecule has 2 heterocycles. The predicted octanol–water partition coefficient (Wildman–Crippen LogP) is 2.22. The van der Waals surface area contributed by atoms with Crippen molar-refractivity contribution in [2.45, 2.75) is 5.25 Å². The minimum absolute atomic E-state index is 0.0493. The van der Waals surface area contributed by atoms with Crippen molar-refractivity contribution in [1.29, 1.82) is 0 Å². The summed E-state index contributed by atoms with van der Waals surface area (Å²) in [6.07, 6.45) is 1.77. The van der Waals surface area contributed by atoms with Gasteiger partial charge in [-0.1, -0.05) is 0 Å². The third kappa shape index (κ3) is 2.66.